The second-order valence-electron chi connectivity index (χ2n) is 8.75. The molecule has 37 heavy (non-hydrogen) atoms. The van der Waals surface area contributed by atoms with Crippen molar-refractivity contribution in [3.63, 3.8) is 0 Å². The number of pyridine rings is 1. The molecule has 0 aliphatic heterocycles. The Kier molecular flexibility index (Phi) is 8.01. The van der Waals surface area contributed by atoms with Gasteiger partial charge in [-0.05, 0) is 62.1 Å². The van der Waals surface area contributed by atoms with E-state index in [0.29, 0.717) is 36.1 Å². The highest BCUT2D eigenvalue weighted by Crippen LogP contribution is 2.35. The third-order valence-corrected chi connectivity index (χ3v) is 6.38. The van der Waals surface area contributed by atoms with E-state index in [0.717, 1.165) is 18.2 Å². The van der Waals surface area contributed by atoms with E-state index in [1.807, 2.05) is 0 Å². The minimum atomic E-state index is -4.62. The molecule has 0 radical (unpaired) electrons. The van der Waals surface area contributed by atoms with Crippen molar-refractivity contribution in [1.29, 1.82) is 0 Å². The standard InChI is InChI=1S/C25H22ClF6N3O2/c26-13-4-9-19-17(10-13)20(12-22(35-19)25(30,31)32)33-14-5-7-15(8-6-14)34-23(36)11-16-18(27)2-1-3-21(16)37-24(28)29/h1-4,9-10,12,14-15,24H,5-8,11H2,(H,33,35)(H,34,36). The van der Waals surface area contributed by atoms with Gasteiger partial charge < -0.3 is 15.4 Å². The summed E-state index contributed by atoms with van der Waals surface area (Å²) in [7, 11) is 0. The van der Waals surface area contributed by atoms with Gasteiger partial charge in [0.05, 0.1) is 11.9 Å². The molecule has 2 aromatic carbocycles. The Labute approximate surface area is 213 Å². The minimum Gasteiger partial charge on any atom is -0.434 e. The average molecular weight is 546 g/mol. The highest BCUT2D eigenvalue weighted by Gasteiger charge is 2.34. The number of hydrogen-bond donors (Lipinski definition) is 2. The molecule has 5 nitrogen and oxygen atoms in total. The van der Waals surface area contributed by atoms with E-state index in [1.54, 1.807) is 6.07 Å². The van der Waals surface area contributed by atoms with Gasteiger partial charge >= 0.3 is 12.8 Å². The number of ether oxygens (including phenoxy) is 1. The fourth-order valence-electron chi connectivity index (χ4n) is 4.42. The number of alkyl halides is 5. The monoisotopic (exact) mass is 545 g/mol. The van der Waals surface area contributed by atoms with Gasteiger partial charge in [-0.2, -0.15) is 22.0 Å². The summed E-state index contributed by atoms with van der Waals surface area (Å²) in [6.07, 6.45) is -3.00. The summed E-state index contributed by atoms with van der Waals surface area (Å²) in [5.74, 6) is -1.78. The van der Waals surface area contributed by atoms with Crippen LogP contribution in [0.1, 0.15) is 36.9 Å². The zero-order valence-corrected chi connectivity index (χ0v) is 20.0. The Balaban J connectivity index is 1.39. The van der Waals surface area contributed by atoms with Gasteiger partial charge in [0.25, 0.3) is 0 Å². The fraction of sp³-hybridized carbons (Fsp3) is 0.360. The maximum absolute atomic E-state index is 14.1. The largest absolute Gasteiger partial charge is 0.434 e. The van der Waals surface area contributed by atoms with Crippen molar-refractivity contribution in [3.8, 4) is 5.75 Å². The topological polar surface area (TPSA) is 63.2 Å². The van der Waals surface area contributed by atoms with Gasteiger partial charge in [-0.15, -0.1) is 0 Å². The number of anilines is 1. The van der Waals surface area contributed by atoms with E-state index in [1.165, 1.54) is 18.2 Å². The molecule has 3 aromatic rings. The number of fused-ring (bicyclic) bond motifs is 1. The summed E-state index contributed by atoms with van der Waals surface area (Å²) >= 11 is 6.05. The lowest BCUT2D eigenvalue weighted by Gasteiger charge is -2.31. The summed E-state index contributed by atoms with van der Waals surface area (Å²) in [4.78, 5) is 16.2. The number of carbonyl (C=O) groups is 1. The van der Waals surface area contributed by atoms with Crippen molar-refractivity contribution in [2.24, 2.45) is 0 Å². The Morgan fingerprint density at radius 2 is 1.78 bits per heavy atom. The molecule has 1 aliphatic carbocycles. The molecule has 0 bridgehead atoms. The second kappa shape index (κ2) is 11.0. The van der Waals surface area contributed by atoms with Crippen LogP contribution in [0.2, 0.25) is 5.02 Å². The number of hydrogen-bond acceptors (Lipinski definition) is 4. The molecule has 12 heteroatoms. The smallest absolute Gasteiger partial charge is 0.433 e. The zero-order chi connectivity index (χ0) is 26.7. The maximum atomic E-state index is 14.1. The molecule has 0 unspecified atom stereocenters. The number of benzene rings is 2. The average Bonchev–Trinajstić information content (AvgIpc) is 2.82. The van der Waals surface area contributed by atoms with Gasteiger partial charge in [0.1, 0.15) is 17.3 Å². The van der Waals surface area contributed by atoms with Crippen molar-refractivity contribution < 1.29 is 35.9 Å². The van der Waals surface area contributed by atoms with Crippen LogP contribution < -0.4 is 15.4 Å². The van der Waals surface area contributed by atoms with Gasteiger partial charge in [0.2, 0.25) is 5.91 Å². The molecule has 4 rings (SSSR count). The third-order valence-electron chi connectivity index (χ3n) is 6.14. The predicted molar refractivity (Wildman–Crippen MR) is 126 cm³/mol. The molecular formula is C25H22ClF6N3O2. The van der Waals surface area contributed by atoms with Crippen molar-refractivity contribution in [3.05, 3.63) is 64.6 Å². The Morgan fingerprint density at radius 3 is 2.46 bits per heavy atom. The first-order valence-corrected chi connectivity index (χ1v) is 11.8. The van der Waals surface area contributed by atoms with Crippen LogP contribution in [0.3, 0.4) is 0 Å². The lowest BCUT2D eigenvalue weighted by molar-refractivity contribution is -0.140. The summed E-state index contributed by atoms with van der Waals surface area (Å²) in [6.45, 7) is -3.16. The van der Waals surface area contributed by atoms with Crippen LogP contribution in [-0.4, -0.2) is 29.6 Å². The van der Waals surface area contributed by atoms with Crippen LogP contribution in [0, 0.1) is 5.82 Å². The molecule has 1 saturated carbocycles. The summed E-state index contributed by atoms with van der Waals surface area (Å²) in [6, 6.07) is 8.40. The van der Waals surface area contributed by atoms with Crippen molar-refractivity contribution in [1.82, 2.24) is 10.3 Å². The van der Waals surface area contributed by atoms with Crippen molar-refractivity contribution >= 4 is 34.1 Å². The van der Waals surface area contributed by atoms with Crippen LogP contribution in [0.15, 0.2) is 42.5 Å². The van der Waals surface area contributed by atoms with Gasteiger partial charge in [-0.25, -0.2) is 9.37 Å². The maximum Gasteiger partial charge on any atom is 0.433 e. The first-order chi connectivity index (χ1) is 17.5. The quantitative estimate of drug-likeness (QED) is 0.323. The van der Waals surface area contributed by atoms with Crippen LogP contribution in [0.4, 0.5) is 32.0 Å². The van der Waals surface area contributed by atoms with E-state index in [4.69, 9.17) is 11.6 Å². The number of halogens is 7. The first-order valence-electron chi connectivity index (χ1n) is 11.4. The number of amides is 1. The molecular weight excluding hydrogens is 524 g/mol. The lowest BCUT2D eigenvalue weighted by atomic mass is 9.90. The van der Waals surface area contributed by atoms with Crippen LogP contribution >= 0.6 is 11.6 Å². The highest BCUT2D eigenvalue weighted by molar-refractivity contribution is 6.31. The van der Waals surface area contributed by atoms with Crippen molar-refractivity contribution in [2.45, 2.75) is 57.0 Å². The van der Waals surface area contributed by atoms with Gasteiger partial charge in [0, 0.05) is 33.7 Å². The molecule has 1 aromatic heterocycles. The van der Waals surface area contributed by atoms with Crippen molar-refractivity contribution in [2.75, 3.05) is 5.32 Å². The first kappa shape index (κ1) is 26.8. The molecule has 1 fully saturated rings. The molecule has 2 N–H and O–H groups in total. The van der Waals surface area contributed by atoms with E-state index in [2.05, 4.69) is 20.4 Å². The Bertz CT molecular complexity index is 1280. The number of aromatic nitrogens is 1. The second-order valence-corrected chi connectivity index (χ2v) is 9.18. The molecule has 198 valence electrons. The number of nitrogens with zero attached hydrogens (tertiary/aromatic N) is 1. The molecule has 1 amide bonds. The number of carbonyl (C=O) groups excluding carboxylic acids is 1. The predicted octanol–water partition coefficient (Wildman–Crippen LogP) is 6.73. The van der Waals surface area contributed by atoms with Crippen LogP contribution in [-0.2, 0) is 17.4 Å². The Morgan fingerprint density at radius 1 is 1.08 bits per heavy atom. The van der Waals surface area contributed by atoms with Gasteiger partial charge in [-0.1, -0.05) is 17.7 Å². The highest BCUT2D eigenvalue weighted by atomic mass is 35.5. The normalized spacial score (nSPS) is 18.2. The zero-order valence-electron chi connectivity index (χ0n) is 19.2. The summed E-state index contributed by atoms with van der Waals surface area (Å²) < 4.78 is 83.8. The Hall–Kier alpha value is -3.21. The number of rotatable bonds is 7. The number of nitrogens with one attached hydrogen (secondary N) is 2. The van der Waals surface area contributed by atoms with E-state index >= 15 is 0 Å². The van der Waals surface area contributed by atoms with Gasteiger partial charge in [0.15, 0.2) is 0 Å². The van der Waals surface area contributed by atoms with Crippen LogP contribution in [0.25, 0.3) is 10.9 Å². The molecule has 0 spiro atoms. The summed E-state index contributed by atoms with van der Waals surface area (Å²) in [5.41, 5.74) is -0.863. The molecule has 0 atom stereocenters. The fourth-order valence-corrected chi connectivity index (χ4v) is 4.59. The molecule has 0 saturated heterocycles. The van der Waals surface area contributed by atoms with E-state index < -0.39 is 42.4 Å². The minimum absolute atomic E-state index is 0.158. The third kappa shape index (κ3) is 6.76. The van der Waals surface area contributed by atoms with E-state index in [9.17, 15) is 31.1 Å². The van der Waals surface area contributed by atoms with E-state index in [-0.39, 0.29) is 28.9 Å². The molecule has 1 aliphatic rings. The summed E-state index contributed by atoms with van der Waals surface area (Å²) in [5, 5.41) is 6.76. The van der Waals surface area contributed by atoms with Crippen LogP contribution in [0.5, 0.6) is 5.75 Å². The SMILES string of the molecule is O=C(Cc1c(F)cccc1OC(F)F)NC1CCC(Nc2cc(C(F)(F)F)nc3ccc(Cl)cc23)CC1. The lowest BCUT2D eigenvalue weighted by Crippen LogP contribution is -2.41. The molecule has 1 heterocycles. The van der Waals surface area contributed by atoms with Gasteiger partial charge in [-0.3, -0.25) is 4.79 Å².